The highest BCUT2D eigenvalue weighted by molar-refractivity contribution is 5.92. The summed E-state index contributed by atoms with van der Waals surface area (Å²) in [6.07, 6.45) is 1.93. The number of aromatic carboxylic acids is 1. The summed E-state index contributed by atoms with van der Waals surface area (Å²) >= 11 is 0. The maximum atomic E-state index is 11.8. The molecule has 7 nitrogen and oxygen atoms in total. The number of nitrogens with zero attached hydrogens (tertiary/aromatic N) is 2. The van der Waals surface area contributed by atoms with Crippen molar-refractivity contribution in [3.63, 3.8) is 0 Å². The Balaban J connectivity index is 1.71. The summed E-state index contributed by atoms with van der Waals surface area (Å²) in [6, 6.07) is 15.0. The molecule has 0 aliphatic heterocycles. The minimum atomic E-state index is -0.955. The fourth-order valence-corrected chi connectivity index (χ4v) is 3.35. The molecule has 0 atom stereocenters. The highest BCUT2D eigenvalue weighted by Gasteiger charge is 2.16. The van der Waals surface area contributed by atoms with Crippen molar-refractivity contribution in [1.29, 1.82) is 0 Å². The molecule has 0 fully saturated rings. The number of imidazole rings is 1. The van der Waals surface area contributed by atoms with Gasteiger partial charge < -0.3 is 19.7 Å². The second-order valence-electron chi connectivity index (χ2n) is 8.49. The molecule has 3 rings (SSSR count). The SMILES string of the molecule is CC(C)(C)OC(=O)NCCCCc1nc2ccc(C(=O)O)cc2n1Cc1ccccc1. The van der Waals surface area contributed by atoms with Gasteiger partial charge in [0.1, 0.15) is 11.4 Å². The molecule has 0 saturated carbocycles. The minimum Gasteiger partial charge on any atom is -0.478 e. The van der Waals surface area contributed by atoms with Crippen LogP contribution in [0.1, 0.15) is 55.4 Å². The highest BCUT2D eigenvalue weighted by atomic mass is 16.6. The van der Waals surface area contributed by atoms with Gasteiger partial charge in [-0.1, -0.05) is 30.3 Å². The van der Waals surface area contributed by atoms with Crippen LogP contribution in [0, 0.1) is 0 Å². The van der Waals surface area contributed by atoms with Crippen LogP contribution >= 0.6 is 0 Å². The highest BCUT2D eigenvalue weighted by Crippen LogP contribution is 2.21. The maximum absolute atomic E-state index is 11.8. The predicted octanol–water partition coefficient (Wildman–Crippen LogP) is 4.63. The number of aryl methyl sites for hydroxylation is 1. The summed E-state index contributed by atoms with van der Waals surface area (Å²) in [5.74, 6) is -0.0530. The molecule has 0 unspecified atom stereocenters. The van der Waals surface area contributed by atoms with E-state index in [4.69, 9.17) is 9.72 Å². The van der Waals surface area contributed by atoms with Gasteiger partial charge in [-0.25, -0.2) is 14.6 Å². The number of benzene rings is 2. The van der Waals surface area contributed by atoms with Gasteiger partial charge in [0.05, 0.1) is 16.6 Å². The summed E-state index contributed by atoms with van der Waals surface area (Å²) in [4.78, 5) is 27.9. The van der Waals surface area contributed by atoms with E-state index in [0.717, 1.165) is 41.7 Å². The van der Waals surface area contributed by atoms with Gasteiger partial charge in [0.15, 0.2) is 0 Å². The topological polar surface area (TPSA) is 93.4 Å². The number of carboxylic acids is 1. The van der Waals surface area contributed by atoms with E-state index in [-0.39, 0.29) is 5.56 Å². The lowest BCUT2D eigenvalue weighted by Crippen LogP contribution is -2.33. The first-order valence-corrected chi connectivity index (χ1v) is 10.5. The Morgan fingerprint density at radius 2 is 1.84 bits per heavy atom. The summed E-state index contributed by atoms with van der Waals surface area (Å²) in [5, 5.41) is 12.1. The molecule has 164 valence electrons. The van der Waals surface area contributed by atoms with Crippen LogP contribution in [0.15, 0.2) is 48.5 Å². The lowest BCUT2D eigenvalue weighted by Gasteiger charge is -2.19. The summed E-state index contributed by atoms with van der Waals surface area (Å²) < 4.78 is 7.33. The van der Waals surface area contributed by atoms with E-state index in [1.54, 1.807) is 18.2 Å². The zero-order valence-electron chi connectivity index (χ0n) is 18.2. The van der Waals surface area contributed by atoms with Crippen molar-refractivity contribution in [2.45, 2.75) is 52.2 Å². The number of hydrogen-bond donors (Lipinski definition) is 2. The second kappa shape index (κ2) is 9.64. The number of amides is 1. The van der Waals surface area contributed by atoms with Crippen molar-refractivity contribution in [1.82, 2.24) is 14.9 Å². The largest absolute Gasteiger partial charge is 0.478 e. The molecule has 7 heteroatoms. The smallest absolute Gasteiger partial charge is 0.407 e. The van der Waals surface area contributed by atoms with Crippen molar-refractivity contribution >= 4 is 23.1 Å². The Morgan fingerprint density at radius 3 is 2.52 bits per heavy atom. The Kier molecular flexibility index (Phi) is 6.95. The Labute approximate surface area is 182 Å². The lowest BCUT2D eigenvalue weighted by atomic mass is 10.2. The van der Waals surface area contributed by atoms with E-state index in [9.17, 15) is 14.7 Å². The number of unbranched alkanes of at least 4 members (excludes halogenated alkanes) is 1. The molecule has 31 heavy (non-hydrogen) atoms. The van der Waals surface area contributed by atoms with Crippen LogP contribution in [0.25, 0.3) is 11.0 Å². The van der Waals surface area contributed by atoms with Crippen LogP contribution in [-0.2, 0) is 17.7 Å². The summed E-state index contributed by atoms with van der Waals surface area (Å²) in [6.45, 7) is 6.64. The summed E-state index contributed by atoms with van der Waals surface area (Å²) in [7, 11) is 0. The van der Waals surface area contributed by atoms with Crippen molar-refractivity contribution < 1.29 is 19.4 Å². The van der Waals surface area contributed by atoms with Gasteiger partial charge in [-0.2, -0.15) is 0 Å². The van der Waals surface area contributed by atoms with Crippen LogP contribution < -0.4 is 5.32 Å². The van der Waals surface area contributed by atoms with E-state index in [0.29, 0.717) is 13.1 Å². The number of aromatic nitrogens is 2. The molecule has 2 aromatic carbocycles. The van der Waals surface area contributed by atoms with Crippen LogP contribution in [-0.4, -0.2) is 38.9 Å². The molecule has 0 saturated heterocycles. The van der Waals surface area contributed by atoms with Gasteiger partial charge in [-0.15, -0.1) is 0 Å². The van der Waals surface area contributed by atoms with Gasteiger partial charge in [-0.05, 0) is 57.4 Å². The normalized spacial score (nSPS) is 11.5. The van der Waals surface area contributed by atoms with Crippen LogP contribution in [0.3, 0.4) is 0 Å². The van der Waals surface area contributed by atoms with Crippen molar-refractivity contribution in [2.24, 2.45) is 0 Å². The number of carboxylic acid groups (broad SMARTS) is 1. The van der Waals surface area contributed by atoms with Crippen molar-refractivity contribution in [3.8, 4) is 0 Å². The zero-order chi connectivity index (χ0) is 22.4. The fraction of sp³-hybridized carbons (Fsp3) is 0.375. The average molecular weight is 424 g/mol. The number of hydrogen-bond acceptors (Lipinski definition) is 4. The Morgan fingerprint density at radius 1 is 1.10 bits per heavy atom. The van der Waals surface area contributed by atoms with Gasteiger partial charge in [0, 0.05) is 19.5 Å². The van der Waals surface area contributed by atoms with E-state index < -0.39 is 17.7 Å². The third-order valence-electron chi connectivity index (χ3n) is 4.75. The monoisotopic (exact) mass is 423 g/mol. The predicted molar refractivity (Wildman–Crippen MR) is 119 cm³/mol. The molecule has 2 N–H and O–H groups in total. The van der Waals surface area contributed by atoms with E-state index in [1.807, 2.05) is 51.1 Å². The number of fused-ring (bicyclic) bond motifs is 1. The Bertz CT molecular complexity index is 1050. The van der Waals surface area contributed by atoms with E-state index >= 15 is 0 Å². The molecule has 3 aromatic rings. The molecular formula is C24H29N3O4. The molecule has 1 amide bonds. The average Bonchev–Trinajstić information content (AvgIpc) is 3.04. The van der Waals surface area contributed by atoms with E-state index in [2.05, 4.69) is 9.88 Å². The number of nitrogens with one attached hydrogen (secondary N) is 1. The number of carbonyl (C=O) groups excluding carboxylic acids is 1. The Hall–Kier alpha value is -3.35. The molecule has 1 heterocycles. The van der Waals surface area contributed by atoms with Crippen LogP contribution in [0.2, 0.25) is 0 Å². The van der Waals surface area contributed by atoms with Crippen LogP contribution in [0.5, 0.6) is 0 Å². The fourth-order valence-electron chi connectivity index (χ4n) is 3.35. The number of rotatable bonds is 8. The first-order chi connectivity index (χ1) is 14.7. The van der Waals surface area contributed by atoms with Gasteiger partial charge in [0.25, 0.3) is 0 Å². The molecule has 1 aromatic heterocycles. The third kappa shape index (κ3) is 6.31. The number of alkyl carbamates (subject to hydrolysis) is 1. The minimum absolute atomic E-state index is 0.245. The molecule has 0 spiro atoms. The summed E-state index contributed by atoms with van der Waals surface area (Å²) in [5.41, 5.74) is 2.44. The zero-order valence-corrected chi connectivity index (χ0v) is 18.2. The first kappa shape index (κ1) is 22.3. The molecular weight excluding hydrogens is 394 g/mol. The van der Waals surface area contributed by atoms with Gasteiger partial charge >= 0.3 is 12.1 Å². The third-order valence-corrected chi connectivity index (χ3v) is 4.75. The first-order valence-electron chi connectivity index (χ1n) is 10.5. The quantitative estimate of drug-likeness (QED) is 0.515. The lowest BCUT2D eigenvalue weighted by molar-refractivity contribution is 0.0526. The van der Waals surface area contributed by atoms with Crippen molar-refractivity contribution in [3.05, 3.63) is 65.5 Å². The van der Waals surface area contributed by atoms with Crippen molar-refractivity contribution in [2.75, 3.05) is 6.54 Å². The van der Waals surface area contributed by atoms with Gasteiger partial charge in [0.2, 0.25) is 0 Å². The maximum Gasteiger partial charge on any atom is 0.407 e. The molecule has 0 bridgehead atoms. The second-order valence-corrected chi connectivity index (χ2v) is 8.49. The van der Waals surface area contributed by atoms with E-state index in [1.165, 1.54) is 0 Å². The molecule has 0 aliphatic rings. The molecule has 0 aliphatic carbocycles. The number of ether oxygens (including phenoxy) is 1. The standard InChI is InChI=1S/C24H29N3O4/c1-24(2,3)31-23(30)25-14-8-7-11-21-26-19-13-12-18(22(28)29)15-20(19)27(21)16-17-9-5-4-6-10-17/h4-6,9-10,12-13,15H,7-8,11,14,16H2,1-3H3,(H,25,30)(H,28,29). The van der Waals surface area contributed by atoms with Crippen LogP contribution in [0.4, 0.5) is 4.79 Å². The number of carbonyl (C=O) groups is 2. The van der Waals surface area contributed by atoms with Gasteiger partial charge in [-0.3, -0.25) is 0 Å². The molecule has 0 radical (unpaired) electrons.